The van der Waals surface area contributed by atoms with E-state index >= 15 is 0 Å². The van der Waals surface area contributed by atoms with Crippen molar-refractivity contribution in [2.24, 2.45) is 5.73 Å². The average molecular weight is 734 g/mol. The van der Waals surface area contributed by atoms with Crippen molar-refractivity contribution in [3.05, 3.63) is 119 Å². The summed E-state index contributed by atoms with van der Waals surface area (Å²) in [5, 5.41) is 0. The van der Waals surface area contributed by atoms with Crippen LogP contribution in [0.5, 0.6) is 11.5 Å². The van der Waals surface area contributed by atoms with Gasteiger partial charge in [0, 0.05) is 28.8 Å². The molecule has 4 rings (SSSR count). The molecule has 0 bridgehead atoms. The molecular formula is C34H37F2N3O9S2. The van der Waals surface area contributed by atoms with E-state index in [1.165, 1.54) is 45.6 Å². The SMILES string of the molecule is COC(=O)c1ccc(CN(c2cccc(OC)c2)S(C)(=O)=O)c(F)c1.COc1cccc(N(Cc2ccc(C(=O)CN)cc2F)S(C)(=O)=O)c1. The summed E-state index contributed by atoms with van der Waals surface area (Å²) < 4.78 is 94.1. The van der Waals surface area contributed by atoms with Gasteiger partial charge in [-0.15, -0.1) is 0 Å². The first-order valence-electron chi connectivity index (χ1n) is 14.6. The van der Waals surface area contributed by atoms with Crippen LogP contribution in [0.4, 0.5) is 20.2 Å². The summed E-state index contributed by atoms with van der Waals surface area (Å²) in [6.45, 7) is -0.660. The Kier molecular flexibility index (Phi) is 13.4. The molecule has 2 N–H and O–H groups in total. The lowest BCUT2D eigenvalue weighted by atomic mass is 10.1. The minimum Gasteiger partial charge on any atom is -0.497 e. The molecule has 268 valence electrons. The summed E-state index contributed by atoms with van der Waals surface area (Å²) in [6, 6.07) is 20.6. The van der Waals surface area contributed by atoms with Gasteiger partial charge in [-0.1, -0.05) is 30.3 Å². The van der Waals surface area contributed by atoms with E-state index in [1.807, 2.05) is 0 Å². The van der Waals surface area contributed by atoms with Crippen molar-refractivity contribution >= 4 is 43.2 Å². The van der Waals surface area contributed by atoms with Gasteiger partial charge in [0.05, 0.1) is 70.4 Å². The largest absolute Gasteiger partial charge is 0.497 e. The summed E-state index contributed by atoms with van der Waals surface area (Å²) in [4.78, 5) is 23.0. The maximum absolute atomic E-state index is 14.3. The fourth-order valence-electron chi connectivity index (χ4n) is 4.53. The van der Waals surface area contributed by atoms with E-state index in [1.54, 1.807) is 48.5 Å². The Labute approximate surface area is 290 Å². The predicted octanol–water partition coefficient (Wildman–Crippen LogP) is 4.53. The van der Waals surface area contributed by atoms with E-state index < -0.39 is 43.4 Å². The van der Waals surface area contributed by atoms with E-state index in [-0.39, 0.29) is 41.9 Å². The van der Waals surface area contributed by atoms with Crippen LogP contribution in [-0.4, -0.2) is 69.0 Å². The molecule has 0 aliphatic carbocycles. The lowest BCUT2D eigenvalue weighted by Crippen LogP contribution is -2.29. The third-order valence-corrected chi connectivity index (χ3v) is 9.43. The lowest BCUT2D eigenvalue weighted by Gasteiger charge is -2.23. The quantitative estimate of drug-likeness (QED) is 0.153. The fraction of sp³-hybridized carbons (Fsp3) is 0.235. The highest BCUT2D eigenvalue weighted by molar-refractivity contribution is 7.92. The molecule has 0 aliphatic heterocycles. The zero-order valence-corrected chi connectivity index (χ0v) is 29.6. The Bertz CT molecular complexity index is 1910. The number of anilines is 2. The van der Waals surface area contributed by atoms with Crippen molar-refractivity contribution < 1.29 is 49.4 Å². The first kappa shape index (κ1) is 39.4. The normalized spacial score (nSPS) is 11.1. The monoisotopic (exact) mass is 733 g/mol. The molecule has 0 heterocycles. The molecule has 0 fully saturated rings. The summed E-state index contributed by atoms with van der Waals surface area (Å²) >= 11 is 0. The lowest BCUT2D eigenvalue weighted by molar-refractivity contribution is 0.0600. The van der Waals surface area contributed by atoms with Gasteiger partial charge in [0.2, 0.25) is 20.0 Å². The van der Waals surface area contributed by atoms with E-state index in [0.717, 1.165) is 33.3 Å². The van der Waals surface area contributed by atoms with E-state index in [4.69, 9.17) is 15.2 Å². The maximum atomic E-state index is 14.3. The molecule has 12 nitrogen and oxygen atoms in total. The number of ketones is 1. The first-order valence-corrected chi connectivity index (χ1v) is 18.3. The molecule has 16 heteroatoms. The first-order chi connectivity index (χ1) is 23.5. The number of methoxy groups -OCH3 is 3. The van der Waals surface area contributed by atoms with Crippen molar-refractivity contribution in [1.82, 2.24) is 0 Å². The third kappa shape index (κ3) is 10.5. The van der Waals surface area contributed by atoms with Crippen molar-refractivity contribution in [1.29, 1.82) is 0 Å². The molecule has 0 saturated heterocycles. The zero-order chi connectivity index (χ0) is 37.2. The van der Waals surface area contributed by atoms with Gasteiger partial charge in [-0.3, -0.25) is 13.4 Å². The van der Waals surface area contributed by atoms with Crippen LogP contribution in [0.3, 0.4) is 0 Å². The Morgan fingerprint density at radius 3 is 1.44 bits per heavy atom. The Hall–Kier alpha value is -5.06. The molecule has 0 aromatic heterocycles. The van der Waals surface area contributed by atoms with Crippen LogP contribution >= 0.6 is 0 Å². The number of rotatable bonds is 13. The van der Waals surface area contributed by atoms with Crippen LogP contribution in [0.2, 0.25) is 0 Å². The van der Waals surface area contributed by atoms with Gasteiger partial charge >= 0.3 is 5.97 Å². The van der Waals surface area contributed by atoms with E-state index in [2.05, 4.69) is 4.74 Å². The predicted molar refractivity (Wildman–Crippen MR) is 186 cm³/mol. The molecule has 0 radical (unpaired) electrons. The van der Waals surface area contributed by atoms with Crippen molar-refractivity contribution in [2.45, 2.75) is 13.1 Å². The molecule has 4 aromatic rings. The number of halogens is 2. The van der Waals surface area contributed by atoms with Gasteiger partial charge in [-0.25, -0.2) is 30.4 Å². The second kappa shape index (κ2) is 17.0. The number of carbonyl (C=O) groups excluding carboxylic acids is 2. The molecule has 0 spiro atoms. The molecular weight excluding hydrogens is 697 g/mol. The number of nitrogens with two attached hydrogens (primary N) is 1. The number of nitrogens with zero attached hydrogens (tertiary/aromatic N) is 2. The highest BCUT2D eigenvalue weighted by Crippen LogP contribution is 2.27. The molecule has 0 saturated carbocycles. The van der Waals surface area contributed by atoms with Crippen LogP contribution in [0.15, 0.2) is 84.9 Å². The number of ether oxygens (including phenoxy) is 3. The van der Waals surface area contributed by atoms with Crippen molar-refractivity contribution in [3.63, 3.8) is 0 Å². The van der Waals surface area contributed by atoms with Crippen LogP contribution in [0.1, 0.15) is 31.8 Å². The number of hydrogen-bond donors (Lipinski definition) is 1. The van der Waals surface area contributed by atoms with Gasteiger partial charge < -0.3 is 19.9 Å². The Balaban J connectivity index is 0.000000270. The molecule has 50 heavy (non-hydrogen) atoms. The number of esters is 1. The van der Waals surface area contributed by atoms with Crippen LogP contribution < -0.4 is 23.8 Å². The number of carbonyl (C=O) groups is 2. The number of benzene rings is 4. The molecule has 0 unspecified atom stereocenters. The summed E-state index contributed by atoms with van der Waals surface area (Å²) in [5.41, 5.74) is 6.43. The highest BCUT2D eigenvalue weighted by Gasteiger charge is 2.22. The highest BCUT2D eigenvalue weighted by atomic mass is 32.2. The average Bonchev–Trinajstić information content (AvgIpc) is 3.09. The van der Waals surface area contributed by atoms with Crippen molar-refractivity contribution in [2.75, 3.05) is 49.0 Å². The van der Waals surface area contributed by atoms with Gasteiger partial charge in [-0.2, -0.15) is 0 Å². The van der Waals surface area contributed by atoms with Crippen LogP contribution in [0.25, 0.3) is 0 Å². The summed E-state index contributed by atoms with van der Waals surface area (Å²) in [5.74, 6) is -1.46. The fourth-order valence-corrected chi connectivity index (χ4v) is 6.27. The summed E-state index contributed by atoms with van der Waals surface area (Å²) in [6.07, 6.45) is 2.07. The second-order valence-corrected chi connectivity index (χ2v) is 14.5. The number of hydrogen-bond acceptors (Lipinski definition) is 10. The Morgan fingerprint density at radius 2 is 1.08 bits per heavy atom. The number of Topliss-reactive ketones (excluding diaryl/α,β-unsaturated/α-hetero) is 1. The topological polar surface area (TPSA) is 163 Å². The van der Waals surface area contributed by atoms with E-state index in [0.29, 0.717) is 22.9 Å². The maximum Gasteiger partial charge on any atom is 0.337 e. The standard InChI is InChI=1S/C17H19FN2O4S.C17H18FNO5S/c1-24-15-5-3-4-14(9-15)20(25(2,22)23)11-13-7-6-12(8-16(13)18)17(21)10-19;1-23-15-6-4-5-14(10-15)19(25(3,21)22)11-13-8-7-12(9-16(13)18)17(20)24-2/h3-9H,10-11,19H2,1-2H3;4-10H,11H2,1-3H3. The molecule has 0 atom stereocenters. The van der Waals surface area contributed by atoms with Gasteiger partial charge in [0.1, 0.15) is 23.1 Å². The summed E-state index contributed by atoms with van der Waals surface area (Å²) in [7, 11) is -3.20. The van der Waals surface area contributed by atoms with Crippen LogP contribution in [0, 0.1) is 11.6 Å². The minimum atomic E-state index is -3.67. The Morgan fingerprint density at radius 1 is 0.660 bits per heavy atom. The smallest absolute Gasteiger partial charge is 0.337 e. The molecule has 0 aliphatic rings. The van der Waals surface area contributed by atoms with Crippen LogP contribution in [-0.2, 0) is 37.9 Å². The number of sulfonamides is 2. The van der Waals surface area contributed by atoms with Crippen molar-refractivity contribution in [3.8, 4) is 11.5 Å². The molecule has 4 aromatic carbocycles. The third-order valence-electron chi connectivity index (χ3n) is 7.15. The zero-order valence-electron chi connectivity index (χ0n) is 27.9. The van der Waals surface area contributed by atoms with E-state index in [9.17, 15) is 35.2 Å². The van der Waals surface area contributed by atoms with Gasteiger partial charge in [0.15, 0.2) is 5.78 Å². The molecule has 0 amide bonds. The second-order valence-electron chi connectivity index (χ2n) is 10.7. The van der Waals surface area contributed by atoms with Gasteiger partial charge in [-0.05, 0) is 42.5 Å². The van der Waals surface area contributed by atoms with Gasteiger partial charge in [0.25, 0.3) is 0 Å². The minimum absolute atomic E-state index is 0.0519.